The first-order chi connectivity index (χ1) is 48.4. The number of carbonyl (C=O) groups is 5. The van der Waals surface area contributed by atoms with Gasteiger partial charge in [0.1, 0.15) is 36.6 Å². The van der Waals surface area contributed by atoms with Crippen molar-refractivity contribution in [3.8, 4) is 16.9 Å². The fraction of sp³-hybridized carbons (Fsp3) is 0.412. The molecule has 7 aromatic carbocycles. The highest BCUT2D eigenvalue weighted by Gasteiger charge is 2.48. The molecule has 536 valence electrons. The molecule has 0 N–H and O–H groups in total. The van der Waals surface area contributed by atoms with Gasteiger partial charge in [0.15, 0.2) is 0 Å². The van der Waals surface area contributed by atoms with E-state index in [9.17, 15) is 54.7 Å². The van der Waals surface area contributed by atoms with Gasteiger partial charge in [0.2, 0.25) is 5.91 Å². The van der Waals surface area contributed by atoms with E-state index in [2.05, 4.69) is 53.1 Å². The first-order valence-electron chi connectivity index (χ1n) is 34.6. The molecule has 0 saturated carbocycles. The summed E-state index contributed by atoms with van der Waals surface area (Å²) in [5.74, 6) is -1.10. The lowest BCUT2D eigenvalue weighted by Gasteiger charge is -2.44. The van der Waals surface area contributed by atoms with Gasteiger partial charge in [0.25, 0.3) is 11.8 Å². The maximum absolute atomic E-state index is 13.9. The summed E-state index contributed by atoms with van der Waals surface area (Å²) in [5, 5.41) is 0. The minimum absolute atomic E-state index is 0.00135. The average Bonchev–Trinajstić information content (AvgIpc) is 1.61. The molecule has 21 heteroatoms. The monoisotopic (exact) mass is 1400 g/mol. The summed E-state index contributed by atoms with van der Waals surface area (Å²) in [7, 11) is 5.01. The number of carbonyl (C=O) groups excluding carboxylic acids is 5. The van der Waals surface area contributed by atoms with Gasteiger partial charge >= 0.3 is 24.3 Å². The van der Waals surface area contributed by atoms with Crippen LogP contribution in [0.2, 0.25) is 0 Å². The van der Waals surface area contributed by atoms with Crippen LogP contribution in [0.1, 0.15) is 124 Å². The molecule has 7 aromatic rings. The number of fused-ring (bicyclic) bond motifs is 2. The predicted molar refractivity (Wildman–Crippen MR) is 370 cm³/mol. The fourth-order valence-electron chi connectivity index (χ4n) is 14.3. The Labute approximate surface area is 586 Å². The smallest absolute Gasteiger partial charge is 0.416 e. The second kappa shape index (κ2) is 33.8. The molecular weight excluding hydrogens is 1310 g/mol. The maximum Gasteiger partial charge on any atom is 0.416 e. The third-order valence-electron chi connectivity index (χ3n) is 20.3. The molecule has 4 aliphatic rings. The van der Waals surface area contributed by atoms with Crippen molar-refractivity contribution in [1.82, 2.24) is 24.5 Å². The van der Waals surface area contributed by atoms with Crippen LogP contribution >= 0.6 is 0 Å². The number of hydrogen-bond donors (Lipinski definition) is 0. The van der Waals surface area contributed by atoms with Crippen LogP contribution < -0.4 is 4.74 Å². The number of amides is 3. The van der Waals surface area contributed by atoms with Crippen LogP contribution in [-0.2, 0) is 77.6 Å². The number of ether oxygens (including phenoxy) is 4. The Kier molecular flexibility index (Phi) is 25.1. The highest BCUT2D eigenvalue weighted by molar-refractivity contribution is 5.95. The molecule has 1 aliphatic carbocycles. The molecule has 3 fully saturated rings. The van der Waals surface area contributed by atoms with E-state index < -0.39 is 46.4 Å². The van der Waals surface area contributed by atoms with Crippen molar-refractivity contribution in [3.63, 3.8) is 0 Å². The molecule has 14 nitrogen and oxygen atoms in total. The Balaban J connectivity index is 0.000000223. The second-order valence-electron chi connectivity index (χ2n) is 27.1. The molecule has 0 bridgehead atoms. The highest BCUT2D eigenvalue weighted by atomic mass is 19.4. The lowest BCUT2D eigenvalue weighted by molar-refractivity contribution is -0.150. The van der Waals surface area contributed by atoms with Crippen LogP contribution in [0, 0.1) is 11.7 Å². The number of likely N-dealkylation sites (N-methyl/N-ethyl adjacent to an activating group) is 2. The zero-order chi connectivity index (χ0) is 71.9. The summed E-state index contributed by atoms with van der Waals surface area (Å²) < 4.78 is 117. The summed E-state index contributed by atoms with van der Waals surface area (Å²) in [6, 6.07) is 48.6. The molecule has 1 spiro atoms. The molecule has 11 rings (SSSR count). The van der Waals surface area contributed by atoms with E-state index in [4.69, 9.17) is 18.9 Å². The minimum Gasteiger partial charge on any atom is -0.462 e. The van der Waals surface area contributed by atoms with Crippen molar-refractivity contribution in [1.29, 1.82) is 0 Å². The van der Waals surface area contributed by atoms with Gasteiger partial charge in [-0.25, -0.2) is 4.39 Å². The topological polar surface area (TPSA) is 138 Å². The van der Waals surface area contributed by atoms with Crippen LogP contribution in [0.5, 0.6) is 5.75 Å². The lowest BCUT2D eigenvalue weighted by atomic mass is 9.68. The van der Waals surface area contributed by atoms with E-state index in [0.29, 0.717) is 67.4 Å². The number of rotatable bonds is 24. The number of benzene rings is 7. The van der Waals surface area contributed by atoms with E-state index in [1.165, 1.54) is 48.1 Å². The van der Waals surface area contributed by atoms with E-state index in [1.807, 2.05) is 98.0 Å². The van der Waals surface area contributed by atoms with Crippen LogP contribution in [-0.4, -0.2) is 154 Å². The second-order valence-corrected chi connectivity index (χ2v) is 27.1. The molecule has 3 amide bonds. The summed E-state index contributed by atoms with van der Waals surface area (Å²) >= 11 is 0. The summed E-state index contributed by atoms with van der Waals surface area (Å²) in [6.45, 7) is 7.63. The normalized spacial score (nSPS) is 17.8. The van der Waals surface area contributed by atoms with E-state index >= 15 is 0 Å². The highest BCUT2D eigenvalue weighted by Crippen LogP contribution is 2.50. The molecular formula is C80H88F7N5O9. The number of nitrogens with zero attached hydrogens (tertiary/aromatic N) is 5. The van der Waals surface area contributed by atoms with Crippen LogP contribution in [0.4, 0.5) is 30.7 Å². The number of hydrogen-bond acceptors (Lipinski definition) is 11. The number of halogens is 7. The Morgan fingerprint density at radius 1 is 0.644 bits per heavy atom. The largest absolute Gasteiger partial charge is 0.462 e. The van der Waals surface area contributed by atoms with Gasteiger partial charge in [-0.2, -0.15) is 26.3 Å². The molecule has 2 atom stereocenters. The Bertz CT molecular complexity index is 3900. The molecule has 101 heavy (non-hydrogen) atoms. The van der Waals surface area contributed by atoms with E-state index in [-0.39, 0.29) is 74.1 Å². The van der Waals surface area contributed by atoms with Gasteiger partial charge in [-0.3, -0.25) is 24.0 Å². The van der Waals surface area contributed by atoms with Crippen LogP contribution in [0.25, 0.3) is 11.1 Å². The molecule has 3 aliphatic heterocycles. The zero-order valence-electron chi connectivity index (χ0n) is 57.6. The fourth-order valence-corrected chi connectivity index (χ4v) is 14.3. The molecule has 0 radical (unpaired) electrons. The summed E-state index contributed by atoms with van der Waals surface area (Å²) in [5.41, 5.74) is 4.66. The van der Waals surface area contributed by atoms with Crippen molar-refractivity contribution in [2.24, 2.45) is 5.92 Å². The quantitative estimate of drug-likeness (QED) is 0.0325. The Morgan fingerprint density at radius 3 is 1.91 bits per heavy atom. The van der Waals surface area contributed by atoms with Crippen molar-refractivity contribution in [2.45, 2.75) is 113 Å². The van der Waals surface area contributed by atoms with Gasteiger partial charge < -0.3 is 43.4 Å². The zero-order valence-corrected chi connectivity index (χ0v) is 57.6. The van der Waals surface area contributed by atoms with Crippen molar-refractivity contribution < 1.29 is 73.7 Å². The number of alkyl halides is 6. The van der Waals surface area contributed by atoms with Gasteiger partial charge in [0, 0.05) is 83.4 Å². The number of aryl methyl sites for hydroxylation is 2. The number of likely N-dealkylation sites (tertiary alicyclic amines) is 2. The minimum atomic E-state index is -5.08. The molecule has 0 aromatic heterocycles. The standard InChI is InChI=1S/C46H55N3O7.C34H33F7N2O2/c1-47(43(50)34-54-3)28-10-17-44(51)55-40-24-20-36(21-25-40)12-9-11-35-18-22-38(23-19-35)46(53)48(2)31-32-49-29-26-41(27-30-49)56-45(52)33-39-15-7-8-16-42(39)37-13-5-4-6-14-37;1-22-16-23-4-2-3-5-29(23)31(22)10-13-42(14-11-31)15-12-32(25-6-8-28(35)9-7-25)20-43(21-45-32)30(44)24-17-26(33(36,37)38)19-27(18-24)34(39,40)41/h4-8,13-16,18-25,41H,9-12,17,26-34H2,1-3H3;2-9,17-19,22H,10-16,20-21H2,1H3/t;22-,32-/m.0/s1. The van der Waals surface area contributed by atoms with Crippen molar-refractivity contribution in [2.75, 3.05) is 93.4 Å². The van der Waals surface area contributed by atoms with Crippen LogP contribution in [0.3, 0.4) is 0 Å². The first-order valence-corrected chi connectivity index (χ1v) is 34.6. The lowest BCUT2D eigenvalue weighted by Crippen LogP contribution is -2.46. The summed E-state index contributed by atoms with van der Waals surface area (Å²) in [6.07, 6.45) is -1.58. The van der Waals surface area contributed by atoms with E-state index in [1.54, 1.807) is 16.8 Å². The van der Waals surface area contributed by atoms with Gasteiger partial charge in [-0.15, -0.1) is 0 Å². The van der Waals surface area contributed by atoms with Gasteiger partial charge in [-0.1, -0.05) is 122 Å². The average molecular weight is 1400 g/mol. The Morgan fingerprint density at radius 2 is 1.26 bits per heavy atom. The third-order valence-corrected chi connectivity index (χ3v) is 20.3. The van der Waals surface area contributed by atoms with Crippen molar-refractivity contribution in [3.05, 3.63) is 231 Å². The SMILES string of the molecule is COCC(=O)N(C)CCCC(=O)Oc1ccc(CCCc2ccc(C(=O)N(C)CCN3CCC(OC(=O)Cc4ccccc4-c4ccccc4)CC3)cc2)cc1.C[C@H]1Cc2ccccc2C12CCN(CC[C@@]1(c3ccc(F)cc3)CN(C(=O)c3cc(C(F)(F)F)cc(C(F)(F)F)c3)CO1)CC2. The molecule has 0 unspecified atom stereocenters. The number of piperidine rings is 2. The molecule has 3 heterocycles. The van der Waals surface area contributed by atoms with Crippen LogP contribution in [0.15, 0.2) is 170 Å². The number of methoxy groups -OCH3 is 1. The predicted octanol–water partition coefficient (Wildman–Crippen LogP) is 14.4. The van der Waals surface area contributed by atoms with Gasteiger partial charge in [-0.05, 0) is 182 Å². The Hall–Kier alpha value is -8.76. The van der Waals surface area contributed by atoms with Gasteiger partial charge in [0.05, 0.1) is 24.1 Å². The van der Waals surface area contributed by atoms with E-state index in [0.717, 1.165) is 111 Å². The maximum atomic E-state index is 13.9. The molecule has 3 saturated heterocycles. The number of esters is 2. The first kappa shape index (κ1) is 74.9. The third kappa shape index (κ3) is 19.7. The van der Waals surface area contributed by atoms with Crippen molar-refractivity contribution >= 4 is 29.7 Å². The summed E-state index contributed by atoms with van der Waals surface area (Å²) in [4.78, 5) is 72.6.